The van der Waals surface area contributed by atoms with E-state index in [1.165, 1.54) is 0 Å². The van der Waals surface area contributed by atoms with Crippen molar-refractivity contribution in [1.29, 1.82) is 0 Å². The average molecular weight is 285 g/mol. The fraction of sp³-hybridized carbons (Fsp3) is 0.417. The number of carbonyl (C=O) groups is 1. The van der Waals surface area contributed by atoms with Gasteiger partial charge >= 0.3 is 0 Å². The highest BCUT2D eigenvalue weighted by Gasteiger charge is 2.25. The fourth-order valence-electron chi connectivity index (χ4n) is 1.12. The molecule has 0 saturated heterocycles. The lowest BCUT2D eigenvalue weighted by molar-refractivity contribution is -0.123. The Labute approximate surface area is 105 Å². The molecule has 0 aromatic heterocycles. The van der Waals surface area contributed by atoms with Crippen LogP contribution in [0.4, 0.5) is 5.69 Å². The van der Waals surface area contributed by atoms with E-state index in [-0.39, 0.29) is 5.91 Å². The van der Waals surface area contributed by atoms with Crippen LogP contribution in [0, 0.1) is 12.3 Å². The number of benzene rings is 1. The molecule has 1 rings (SSSR count). The summed E-state index contributed by atoms with van der Waals surface area (Å²) in [7, 11) is 0. The Morgan fingerprint density at radius 1 is 1.50 bits per heavy atom. The quantitative estimate of drug-likeness (QED) is 0.897. The molecule has 3 nitrogen and oxygen atoms in total. The second-order valence-electron chi connectivity index (χ2n) is 4.51. The number of amides is 1. The lowest BCUT2D eigenvalue weighted by Crippen LogP contribution is -2.37. The monoisotopic (exact) mass is 284 g/mol. The number of hydrogen-bond donors (Lipinski definition) is 2. The highest BCUT2D eigenvalue weighted by atomic mass is 79.9. The van der Waals surface area contributed by atoms with Gasteiger partial charge in [0.25, 0.3) is 0 Å². The van der Waals surface area contributed by atoms with Crippen LogP contribution < -0.4 is 11.1 Å². The first-order valence-electron chi connectivity index (χ1n) is 5.14. The smallest absolute Gasteiger partial charge is 0.231 e. The van der Waals surface area contributed by atoms with Crippen molar-refractivity contribution in [3.63, 3.8) is 0 Å². The Morgan fingerprint density at radius 2 is 2.12 bits per heavy atom. The molecule has 16 heavy (non-hydrogen) atoms. The van der Waals surface area contributed by atoms with Gasteiger partial charge in [0.05, 0.1) is 5.41 Å². The minimum absolute atomic E-state index is 0.0586. The summed E-state index contributed by atoms with van der Waals surface area (Å²) in [4.78, 5) is 11.9. The van der Waals surface area contributed by atoms with Crippen molar-refractivity contribution < 1.29 is 4.79 Å². The maximum absolute atomic E-state index is 11.9. The van der Waals surface area contributed by atoms with Crippen molar-refractivity contribution in [2.75, 3.05) is 11.9 Å². The van der Waals surface area contributed by atoms with Crippen LogP contribution in [0.25, 0.3) is 0 Å². The Balaban J connectivity index is 2.82. The van der Waals surface area contributed by atoms with E-state index in [4.69, 9.17) is 5.73 Å². The van der Waals surface area contributed by atoms with Crippen molar-refractivity contribution in [2.24, 2.45) is 11.1 Å². The van der Waals surface area contributed by atoms with Crippen LogP contribution in [0.3, 0.4) is 0 Å². The summed E-state index contributed by atoms with van der Waals surface area (Å²) < 4.78 is 1.03. The molecule has 0 aliphatic heterocycles. The van der Waals surface area contributed by atoms with Crippen LogP contribution in [-0.4, -0.2) is 12.5 Å². The zero-order valence-corrected chi connectivity index (χ0v) is 11.4. The standard InChI is InChI=1S/C12H17BrN2O/c1-8-6-9(4-5-10(8)13)15-11(16)12(2,3)7-14/h4-6H,7,14H2,1-3H3,(H,15,16). The molecule has 1 amide bonds. The summed E-state index contributed by atoms with van der Waals surface area (Å²) in [6.07, 6.45) is 0. The lowest BCUT2D eigenvalue weighted by Gasteiger charge is -2.21. The van der Waals surface area contributed by atoms with E-state index in [9.17, 15) is 4.79 Å². The summed E-state index contributed by atoms with van der Waals surface area (Å²) in [6, 6.07) is 5.70. The van der Waals surface area contributed by atoms with Gasteiger partial charge in [0.1, 0.15) is 0 Å². The Hall–Kier alpha value is -0.870. The molecule has 88 valence electrons. The molecule has 1 aromatic rings. The van der Waals surface area contributed by atoms with E-state index in [2.05, 4.69) is 21.2 Å². The normalized spacial score (nSPS) is 11.3. The van der Waals surface area contributed by atoms with Gasteiger partial charge in [-0.1, -0.05) is 15.9 Å². The SMILES string of the molecule is Cc1cc(NC(=O)C(C)(C)CN)ccc1Br. The van der Waals surface area contributed by atoms with Gasteiger partial charge in [0.15, 0.2) is 0 Å². The third kappa shape index (κ3) is 3.06. The van der Waals surface area contributed by atoms with Crippen molar-refractivity contribution in [1.82, 2.24) is 0 Å². The van der Waals surface area contributed by atoms with Crippen molar-refractivity contribution in [3.05, 3.63) is 28.2 Å². The molecule has 0 fully saturated rings. The van der Waals surface area contributed by atoms with Crippen LogP contribution in [0.2, 0.25) is 0 Å². The predicted molar refractivity (Wildman–Crippen MR) is 70.3 cm³/mol. The molecular formula is C12H17BrN2O. The maximum atomic E-state index is 11.9. The number of halogens is 1. The molecule has 0 unspecified atom stereocenters. The van der Waals surface area contributed by atoms with Gasteiger partial charge in [-0.15, -0.1) is 0 Å². The second kappa shape index (κ2) is 4.97. The molecule has 0 aliphatic rings. The number of carbonyl (C=O) groups excluding carboxylic acids is 1. The van der Waals surface area contributed by atoms with Gasteiger partial charge in [0, 0.05) is 16.7 Å². The molecular weight excluding hydrogens is 268 g/mol. The third-order valence-corrected chi connectivity index (χ3v) is 3.43. The molecule has 0 bridgehead atoms. The van der Waals surface area contributed by atoms with E-state index in [0.717, 1.165) is 15.7 Å². The Kier molecular flexibility index (Phi) is 4.10. The largest absolute Gasteiger partial charge is 0.329 e. The number of hydrogen-bond acceptors (Lipinski definition) is 2. The van der Waals surface area contributed by atoms with Crippen LogP contribution in [-0.2, 0) is 4.79 Å². The molecule has 3 N–H and O–H groups in total. The average Bonchev–Trinajstić information content (AvgIpc) is 2.23. The number of aryl methyl sites for hydroxylation is 1. The molecule has 0 radical (unpaired) electrons. The minimum Gasteiger partial charge on any atom is -0.329 e. The summed E-state index contributed by atoms with van der Waals surface area (Å²) in [5, 5.41) is 2.86. The molecule has 0 aliphatic carbocycles. The van der Waals surface area contributed by atoms with Crippen molar-refractivity contribution in [3.8, 4) is 0 Å². The van der Waals surface area contributed by atoms with Crippen LogP contribution in [0.1, 0.15) is 19.4 Å². The number of nitrogens with one attached hydrogen (secondary N) is 1. The number of nitrogens with two attached hydrogens (primary N) is 1. The summed E-state index contributed by atoms with van der Waals surface area (Å²) >= 11 is 3.42. The molecule has 4 heteroatoms. The Bertz CT molecular complexity index is 402. The number of rotatable bonds is 3. The van der Waals surface area contributed by atoms with Crippen LogP contribution in [0.15, 0.2) is 22.7 Å². The first kappa shape index (κ1) is 13.2. The van der Waals surface area contributed by atoms with Crippen molar-refractivity contribution in [2.45, 2.75) is 20.8 Å². The summed E-state index contributed by atoms with van der Waals surface area (Å²) in [5.41, 5.74) is 6.89. The first-order chi connectivity index (χ1) is 7.36. The highest BCUT2D eigenvalue weighted by molar-refractivity contribution is 9.10. The summed E-state index contributed by atoms with van der Waals surface area (Å²) in [5.74, 6) is -0.0586. The Morgan fingerprint density at radius 3 is 2.62 bits per heavy atom. The van der Waals surface area contributed by atoms with Crippen LogP contribution in [0.5, 0.6) is 0 Å². The van der Waals surface area contributed by atoms with E-state index in [1.807, 2.05) is 39.0 Å². The number of anilines is 1. The predicted octanol–water partition coefficient (Wildman–Crippen LogP) is 2.68. The minimum atomic E-state index is -0.541. The fourth-order valence-corrected chi connectivity index (χ4v) is 1.36. The second-order valence-corrected chi connectivity index (χ2v) is 5.36. The van der Waals surface area contributed by atoms with E-state index >= 15 is 0 Å². The summed E-state index contributed by atoms with van der Waals surface area (Å²) in [6.45, 7) is 5.96. The van der Waals surface area contributed by atoms with E-state index < -0.39 is 5.41 Å². The molecule has 0 saturated carbocycles. The topological polar surface area (TPSA) is 55.1 Å². The van der Waals surface area contributed by atoms with Gasteiger partial charge in [0.2, 0.25) is 5.91 Å². The van der Waals surface area contributed by atoms with Gasteiger partial charge < -0.3 is 11.1 Å². The highest BCUT2D eigenvalue weighted by Crippen LogP contribution is 2.22. The third-order valence-electron chi connectivity index (χ3n) is 2.54. The zero-order chi connectivity index (χ0) is 12.3. The van der Waals surface area contributed by atoms with Gasteiger partial charge in [-0.25, -0.2) is 0 Å². The zero-order valence-electron chi connectivity index (χ0n) is 9.80. The molecule has 0 spiro atoms. The van der Waals surface area contributed by atoms with E-state index in [0.29, 0.717) is 6.54 Å². The van der Waals surface area contributed by atoms with Gasteiger partial charge in [-0.3, -0.25) is 4.79 Å². The molecule has 0 heterocycles. The molecule has 1 aromatic carbocycles. The van der Waals surface area contributed by atoms with Crippen LogP contribution >= 0.6 is 15.9 Å². The van der Waals surface area contributed by atoms with Gasteiger partial charge in [-0.2, -0.15) is 0 Å². The lowest BCUT2D eigenvalue weighted by atomic mass is 9.92. The molecule has 0 atom stereocenters. The first-order valence-corrected chi connectivity index (χ1v) is 5.94. The maximum Gasteiger partial charge on any atom is 0.231 e. The van der Waals surface area contributed by atoms with Crippen molar-refractivity contribution >= 4 is 27.5 Å². The van der Waals surface area contributed by atoms with Gasteiger partial charge in [-0.05, 0) is 44.5 Å². The van der Waals surface area contributed by atoms with E-state index in [1.54, 1.807) is 0 Å².